The Labute approximate surface area is 176 Å². The second-order valence-corrected chi connectivity index (χ2v) is 8.32. The molecule has 0 aliphatic heterocycles. The van der Waals surface area contributed by atoms with Crippen molar-refractivity contribution in [3.8, 4) is 11.1 Å². The minimum Gasteiger partial charge on any atom is -0.612 e. The highest BCUT2D eigenvalue weighted by Gasteiger charge is 2.20. The van der Waals surface area contributed by atoms with Crippen molar-refractivity contribution in [2.75, 3.05) is 11.7 Å². The number of carbonyl (C=O) groups is 1. The van der Waals surface area contributed by atoms with Crippen LogP contribution in [0.2, 0.25) is 0 Å². The molecular weight excluding hydrogens is 401 g/mol. The third-order valence-electron chi connectivity index (χ3n) is 4.91. The molecule has 0 bridgehead atoms. The van der Waals surface area contributed by atoms with Crippen LogP contribution in [-0.2, 0) is 11.2 Å². The standard InChI is InChI=1S/C23H20FN3O2S/c1-14-4-3-5-19-20(15-6-8-16(24)9-7-15)22(25-21(14)19)23(28)27-26-17-10-12-18(13-11-17)30(2)29/h3-13,25-26H,1-2H3,(H,27,28). The van der Waals surface area contributed by atoms with Gasteiger partial charge in [0.1, 0.15) is 17.8 Å². The molecule has 1 unspecified atom stereocenters. The highest BCUT2D eigenvalue weighted by Crippen LogP contribution is 2.34. The number of aromatic amines is 1. The number of nitrogens with one attached hydrogen (secondary N) is 3. The maximum absolute atomic E-state index is 13.4. The summed E-state index contributed by atoms with van der Waals surface area (Å²) in [5.41, 5.74) is 9.93. The van der Waals surface area contributed by atoms with Crippen LogP contribution in [0.25, 0.3) is 22.0 Å². The summed E-state index contributed by atoms with van der Waals surface area (Å²) in [6.45, 7) is 1.96. The van der Waals surface area contributed by atoms with Crippen molar-refractivity contribution in [3.05, 3.63) is 83.8 Å². The molecule has 30 heavy (non-hydrogen) atoms. The zero-order valence-electron chi connectivity index (χ0n) is 16.5. The van der Waals surface area contributed by atoms with Crippen molar-refractivity contribution in [1.29, 1.82) is 0 Å². The van der Waals surface area contributed by atoms with Crippen LogP contribution in [-0.4, -0.2) is 21.7 Å². The van der Waals surface area contributed by atoms with Crippen molar-refractivity contribution in [3.63, 3.8) is 0 Å². The Morgan fingerprint density at radius 2 is 1.73 bits per heavy atom. The maximum atomic E-state index is 13.4. The summed E-state index contributed by atoms with van der Waals surface area (Å²) in [7, 11) is 0. The van der Waals surface area contributed by atoms with E-state index in [0.29, 0.717) is 21.8 Å². The van der Waals surface area contributed by atoms with Crippen molar-refractivity contribution in [1.82, 2.24) is 10.4 Å². The number of hydrazine groups is 1. The van der Waals surface area contributed by atoms with Crippen LogP contribution in [0.5, 0.6) is 0 Å². The maximum Gasteiger partial charge on any atom is 0.286 e. The number of hydrogen-bond acceptors (Lipinski definition) is 3. The molecule has 3 aromatic carbocycles. The van der Waals surface area contributed by atoms with E-state index in [1.807, 2.05) is 25.1 Å². The fraction of sp³-hybridized carbons (Fsp3) is 0.0870. The van der Waals surface area contributed by atoms with Crippen LogP contribution in [0.15, 0.2) is 71.6 Å². The lowest BCUT2D eigenvalue weighted by atomic mass is 10.0. The highest BCUT2D eigenvalue weighted by atomic mass is 32.2. The monoisotopic (exact) mass is 421 g/mol. The van der Waals surface area contributed by atoms with Gasteiger partial charge in [0.2, 0.25) is 0 Å². The Morgan fingerprint density at radius 1 is 1.03 bits per heavy atom. The molecular formula is C23H20FN3O2S. The van der Waals surface area contributed by atoms with Crippen molar-refractivity contribution < 1.29 is 13.7 Å². The molecule has 0 radical (unpaired) electrons. The second kappa shape index (κ2) is 8.22. The van der Waals surface area contributed by atoms with Crippen LogP contribution in [0.3, 0.4) is 0 Å². The Kier molecular flexibility index (Phi) is 5.48. The fourth-order valence-corrected chi connectivity index (χ4v) is 3.89. The van der Waals surface area contributed by atoms with E-state index in [9.17, 15) is 13.7 Å². The number of anilines is 1. The molecule has 1 atom stereocenters. The number of hydrogen-bond donors (Lipinski definition) is 3. The molecule has 5 nitrogen and oxygen atoms in total. The molecule has 3 N–H and O–H groups in total. The molecule has 0 aliphatic carbocycles. The van der Waals surface area contributed by atoms with Crippen LogP contribution < -0.4 is 10.9 Å². The van der Waals surface area contributed by atoms with E-state index < -0.39 is 11.2 Å². The van der Waals surface area contributed by atoms with Gasteiger partial charge in [-0.2, -0.15) is 0 Å². The van der Waals surface area contributed by atoms with E-state index in [1.54, 1.807) is 42.7 Å². The van der Waals surface area contributed by atoms with Gasteiger partial charge < -0.3 is 9.54 Å². The molecule has 0 aliphatic rings. The topological polar surface area (TPSA) is 80.0 Å². The van der Waals surface area contributed by atoms with Gasteiger partial charge in [0.15, 0.2) is 4.90 Å². The van der Waals surface area contributed by atoms with E-state index in [0.717, 1.165) is 22.0 Å². The van der Waals surface area contributed by atoms with Crippen molar-refractivity contribution >= 4 is 33.7 Å². The van der Waals surface area contributed by atoms with E-state index in [1.165, 1.54) is 12.1 Å². The third-order valence-corrected chi connectivity index (χ3v) is 5.84. The summed E-state index contributed by atoms with van der Waals surface area (Å²) in [5.74, 6) is -0.688. The lowest BCUT2D eigenvalue weighted by Gasteiger charge is -2.10. The van der Waals surface area contributed by atoms with Gasteiger partial charge in [0.05, 0.1) is 5.69 Å². The number of para-hydroxylation sites is 1. The summed E-state index contributed by atoms with van der Waals surface area (Å²) < 4.78 is 24.9. The van der Waals surface area contributed by atoms with Crippen molar-refractivity contribution in [2.24, 2.45) is 0 Å². The van der Waals surface area contributed by atoms with Gasteiger partial charge in [-0.3, -0.25) is 15.6 Å². The summed E-state index contributed by atoms with van der Waals surface area (Å²) in [5, 5.41) is 0.890. The summed E-state index contributed by atoms with van der Waals surface area (Å²) in [6.07, 6.45) is 1.61. The second-order valence-electron chi connectivity index (χ2n) is 6.94. The zero-order chi connectivity index (χ0) is 21.3. The normalized spacial score (nSPS) is 12.0. The minimum absolute atomic E-state index is 0.334. The number of carbonyl (C=O) groups excluding carboxylic acids is 1. The number of fused-ring (bicyclic) bond motifs is 1. The fourth-order valence-electron chi connectivity index (χ4n) is 3.37. The lowest BCUT2D eigenvalue weighted by Crippen LogP contribution is -2.30. The van der Waals surface area contributed by atoms with Crippen LogP contribution in [0.1, 0.15) is 16.1 Å². The molecule has 1 aromatic heterocycles. The van der Waals surface area contributed by atoms with Gasteiger partial charge in [-0.25, -0.2) is 4.39 Å². The Hall–Kier alpha value is -3.29. The first-order valence-corrected chi connectivity index (χ1v) is 10.9. The van der Waals surface area contributed by atoms with Gasteiger partial charge >= 0.3 is 0 Å². The SMILES string of the molecule is Cc1cccc2c(-c3ccc(F)cc3)c(C(=O)NNc3ccc([S+](C)[O-])cc3)[nH]c12. The minimum atomic E-state index is -1.06. The number of benzene rings is 3. The third kappa shape index (κ3) is 3.90. The van der Waals surface area contributed by atoms with Gasteiger partial charge in [-0.1, -0.05) is 30.3 Å². The van der Waals surface area contributed by atoms with E-state index in [2.05, 4.69) is 15.8 Å². The van der Waals surface area contributed by atoms with Crippen LogP contribution >= 0.6 is 0 Å². The lowest BCUT2D eigenvalue weighted by molar-refractivity contribution is 0.0959. The largest absolute Gasteiger partial charge is 0.612 e. The van der Waals surface area contributed by atoms with Gasteiger partial charge in [-0.15, -0.1) is 0 Å². The molecule has 152 valence electrons. The van der Waals surface area contributed by atoms with Crippen LogP contribution in [0.4, 0.5) is 10.1 Å². The van der Waals surface area contributed by atoms with Gasteiger partial charge in [-0.05, 0) is 65.6 Å². The van der Waals surface area contributed by atoms with E-state index in [-0.39, 0.29) is 11.7 Å². The molecule has 7 heteroatoms. The summed E-state index contributed by atoms with van der Waals surface area (Å²) >= 11 is -1.06. The molecule has 0 fully saturated rings. The zero-order valence-corrected chi connectivity index (χ0v) is 17.3. The predicted octanol–water partition coefficient (Wildman–Crippen LogP) is 4.78. The number of amides is 1. The molecule has 0 spiro atoms. The molecule has 1 amide bonds. The molecule has 4 aromatic rings. The Bertz CT molecular complexity index is 1200. The molecule has 1 heterocycles. The Balaban J connectivity index is 1.67. The first-order chi connectivity index (χ1) is 14.4. The van der Waals surface area contributed by atoms with Gasteiger partial charge in [0, 0.05) is 16.5 Å². The number of aromatic nitrogens is 1. The number of rotatable bonds is 5. The first-order valence-electron chi connectivity index (χ1n) is 9.31. The Morgan fingerprint density at radius 3 is 2.40 bits per heavy atom. The molecule has 0 saturated carbocycles. The average Bonchev–Trinajstić information content (AvgIpc) is 3.14. The molecule has 4 rings (SSSR count). The van der Waals surface area contributed by atoms with Gasteiger partial charge in [0.25, 0.3) is 5.91 Å². The summed E-state index contributed by atoms with van der Waals surface area (Å²) in [4.78, 5) is 16.9. The summed E-state index contributed by atoms with van der Waals surface area (Å²) in [6, 6.07) is 18.9. The number of aryl methyl sites for hydroxylation is 1. The number of H-pyrrole nitrogens is 1. The van der Waals surface area contributed by atoms with E-state index >= 15 is 0 Å². The first kappa shape index (κ1) is 20.0. The average molecular weight is 421 g/mol. The van der Waals surface area contributed by atoms with Crippen LogP contribution in [0, 0.1) is 12.7 Å². The predicted molar refractivity (Wildman–Crippen MR) is 118 cm³/mol. The van der Waals surface area contributed by atoms with Crippen molar-refractivity contribution in [2.45, 2.75) is 11.8 Å². The number of halogens is 1. The highest BCUT2D eigenvalue weighted by molar-refractivity contribution is 7.90. The smallest absolute Gasteiger partial charge is 0.286 e. The quantitative estimate of drug-likeness (QED) is 0.321. The van der Waals surface area contributed by atoms with E-state index in [4.69, 9.17) is 0 Å². The molecule has 0 saturated heterocycles.